The minimum Gasteiger partial charge on any atom is -0.504 e. The lowest BCUT2D eigenvalue weighted by molar-refractivity contribution is -0.175. The standard InChI is InChI=1S/C44H56N2O10S/c1-8-11-12-16-21-57-41-35-34(37(48)40(53-7)28(5)39(35)55-19-9-2)32(26-54-25-29-17-14-13-15-18-29)45-36(41)43(50)46(44(51)56-20-10-3)31(42(45)49)23-30-22-27(4)38(52-6)33(47)24-30/h9-10,13-15,17-18,22,24,31-32,36,41,43,47-48,50H,2-3,8,11-12,16,19-21,23,25-26H2,1,4-7H3/t31-,32-,36-,41?,43?/m0/s1. The predicted molar refractivity (Wildman–Crippen MR) is 220 cm³/mol. The Morgan fingerprint density at radius 1 is 0.912 bits per heavy atom. The molecule has 3 aromatic carbocycles. The molecule has 0 aliphatic carbocycles. The van der Waals surface area contributed by atoms with E-state index in [1.807, 2.05) is 30.3 Å². The van der Waals surface area contributed by atoms with E-state index in [0.29, 0.717) is 39.3 Å². The van der Waals surface area contributed by atoms with E-state index < -0.39 is 41.6 Å². The summed E-state index contributed by atoms with van der Waals surface area (Å²) >= 11 is 1.53. The van der Waals surface area contributed by atoms with E-state index in [4.69, 9.17) is 23.7 Å². The Kier molecular flexibility index (Phi) is 15.2. The van der Waals surface area contributed by atoms with Gasteiger partial charge in [-0.15, -0.1) is 0 Å². The van der Waals surface area contributed by atoms with E-state index >= 15 is 4.79 Å². The van der Waals surface area contributed by atoms with Crippen molar-refractivity contribution >= 4 is 23.8 Å². The molecule has 2 heterocycles. The maximum Gasteiger partial charge on any atom is 0.412 e. The van der Waals surface area contributed by atoms with Crippen LogP contribution in [0.15, 0.2) is 67.8 Å². The molecule has 308 valence electrons. The molecule has 57 heavy (non-hydrogen) atoms. The second kappa shape index (κ2) is 20.0. The Morgan fingerprint density at radius 3 is 2.28 bits per heavy atom. The molecule has 0 bridgehead atoms. The van der Waals surface area contributed by atoms with Crippen molar-refractivity contribution < 1.29 is 48.6 Å². The van der Waals surface area contributed by atoms with Gasteiger partial charge in [0, 0.05) is 23.1 Å². The smallest absolute Gasteiger partial charge is 0.412 e. The minimum atomic E-state index is -1.59. The number of hydrogen-bond donors (Lipinski definition) is 3. The van der Waals surface area contributed by atoms with Crippen molar-refractivity contribution in [3.63, 3.8) is 0 Å². The molecule has 0 radical (unpaired) electrons. The molecule has 1 fully saturated rings. The number of aromatic hydroxyl groups is 2. The molecule has 2 aliphatic rings. The molecule has 3 N–H and O–H groups in total. The first-order valence-electron chi connectivity index (χ1n) is 19.4. The Morgan fingerprint density at radius 2 is 1.63 bits per heavy atom. The van der Waals surface area contributed by atoms with Crippen LogP contribution in [0.1, 0.15) is 77.3 Å². The maximum atomic E-state index is 15.4. The van der Waals surface area contributed by atoms with E-state index in [9.17, 15) is 20.1 Å². The van der Waals surface area contributed by atoms with Gasteiger partial charge in [0.05, 0.1) is 44.8 Å². The second-order valence-electron chi connectivity index (χ2n) is 14.2. The van der Waals surface area contributed by atoms with E-state index in [1.54, 1.807) is 30.9 Å². The first-order chi connectivity index (χ1) is 27.5. The first-order valence-corrected chi connectivity index (χ1v) is 20.4. The zero-order chi connectivity index (χ0) is 41.2. The van der Waals surface area contributed by atoms with Gasteiger partial charge in [0.25, 0.3) is 0 Å². The molecule has 2 aliphatic heterocycles. The lowest BCUT2D eigenvalue weighted by atomic mass is 9.81. The molecule has 12 nitrogen and oxygen atoms in total. The third-order valence-electron chi connectivity index (χ3n) is 10.5. The molecule has 0 aromatic heterocycles. The van der Waals surface area contributed by atoms with Gasteiger partial charge in [0.2, 0.25) is 5.91 Å². The highest BCUT2D eigenvalue weighted by Gasteiger charge is 2.58. The summed E-state index contributed by atoms with van der Waals surface area (Å²) in [6, 6.07) is 9.53. The highest BCUT2D eigenvalue weighted by molar-refractivity contribution is 7.99. The van der Waals surface area contributed by atoms with Crippen LogP contribution in [-0.4, -0.2) is 95.2 Å². The van der Waals surface area contributed by atoms with Crippen LogP contribution >= 0.6 is 11.8 Å². The third-order valence-corrected chi connectivity index (χ3v) is 11.9. The molecule has 2 unspecified atom stereocenters. The van der Waals surface area contributed by atoms with E-state index in [-0.39, 0.29) is 55.8 Å². The number of rotatable bonds is 19. The topological polar surface area (TPSA) is 147 Å². The van der Waals surface area contributed by atoms with Crippen molar-refractivity contribution in [1.29, 1.82) is 0 Å². The lowest BCUT2D eigenvalue weighted by Gasteiger charge is -2.56. The Balaban J connectivity index is 1.74. The number of methoxy groups -OCH3 is 2. The van der Waals surface area contributed by atoms with Crippen LogP contribution < -0.4 is 14.2 Å². The summed E-state index contributed by atoms with van der Waals surface area (Å²) in [5.74, 6) is 0.766. The summed E-state index contributed by atoms with van der Waals surface area (Å²) in [5.41, 5.74) is 3.55. The summed E-state index contributed by atoms with van der Waals surface area (Å²) < 4.78 is 29.5. The maximum absolute atomic E-state index is 15.4. The van der Waals surface area contributed by atoms with Crippen LogP contribution in [0.25, 0.3) is 0 Å². The van der Waals surface area contributed by atoms with Gasteiger partial charge in [0.1, 0.15) is 25.0 Å². The number of amides is 2. The van der Waals surface area contributed by atoms with Crippen molar-refractivity contribution in [3.05, 3.63) is 101 Å². The van der Waals surface area contributed by atoms with Crippen LogP contribution in [0, 0.1) is 13.8 Å². The molecule has 5 rings (SSSR count). The van der Waals surface area contributed by atoms with E-state index in [2.05, 4.69) is 20.1 Å². The van der Waals surface area contributed by atoms with Gasteiger partial charge >= 0.3 is 6.09 Å². The number of carbonyl (C=O) groups excluding carboxylic acids is 2. The number of fused-ring (bicyclic) bond motifs is 2. The Bertz CT molecular complexity index is 1870. The number of carbonyl (C=O) groups is 2. The van der Waals surface area contributed by atoms with Gasteiger partial charge < -0.3 is 43.9 Å². The van der Waals surface area contributed by atoms with Crippen LogP contribution in [0.5, 0.6) is 28.7 Å². The summed E-state index contributed by atoms with van der Waals surface area (Å²) in [5, 5.41) is 35.0. The average Bonchev–Trinajstić information content (AvgIpc) is 3.19. The fourth-order valence-electron chi connectivity index (χ4n) is 7.96. The van der Waals surface area contributed by atoms with Crippen molar-refractivity contribution in [2.45, 2.75) is 89.1 Å². The molecule has 1 saturated heterocycles. The minimum absolute atomic E-state index is 0.0819. The van der Waals surface area contributed by atoms with Crippen LogP contribution in [0.3, 0.4) is 0 Å². The number of phenols is 2. The van der Waals surface area contributed by atoms with Crippen molar-refractivity contribution in [3.8, 4) is 28.7 Å². The fraction of sp³-hybridized carbons (Fsp3) is 0.455. The summed E-state index contributed by atoms with van der Waals surface area (Å²) in [6.45, 7) is 13.3. The zero-order valence-electron chi connectivity index (χ0n) is 33.6. The number of ether oxygens (including phenoxy) is 5. The number of aryl methyl sites for hydroxylation is 1. The molecular weight excluding hydrogens is 749 g/mol. The van der Waals surface area contributed by atoms with Gasteiger partial charge in [0.15, 0.2) is 29.2 Å². The van der Waals surface area contributed by atoms with Gasteiger partial charge in [-0.3, -0.25) is 9.69 Å². The van der Waals surface area contributed by atoms with Crippen LogP contribution in [0.4, 0.5) is 4.79 Å². The number of hydrogen-bond acceptors (Lipinski definition) is 11. The summed E-state index contributed by atoms with van der Waals surface area (Å²) in [4.78, 5) is 32.2. The average molecular weight is 805 g/mol. The number of thioether (sulfide) groups is 1. The molecule has 0 saturated carbocycles. The third kappa shape index (κ3) is 9.16. The number of piperazine rings is 1. The largest absolute Gasteiger partial charge is 0.504 e. The number of nitrogens with zero attached hydrogens (tertiary/aromatic N) is 2. The summed E-state index contributed by atoms with van der Waals surface area (Å²) in [6.07, 6.45) is 4.40. The molecule has 3 aromatic rings. The number of aliphatic hydroxyl groups excluding tert-OH is 1. The zero-order valence-corrected chi connectivity index (χ0v) is 34.4. The SMILES string of the molecule is C=CCOC(=O)N1C(O)[C@@H]2C(SCCCCCC)c3c(OCC=C)c(C)c(OC)c(O)c3[C@H](COCc3ccccc3)N2C(=O)[C@@H]1Cc1cc(C)c(OC)c(O)c1. The number of benzene rings is 3. The highest BCUT2D eigenvalue weighted by atomic mass is 32.2. The number of unbranched alkanes of at least 4 members (excludes halogenated alkanes) is 3. The van der Waals surface area contributed by atoms with Crippen LogP contribution in [-0.2, 0) is 27.3 Å². The van der Waals surface area contributed by atoms with Gasteiger partial charge in [-0.2, -0.15) is 11.8 Å². The summed E-state index contributed by atoms with van der Waals surface area (Å²) in [7, 11) is 2.91. The molecule has 5 atom stereocenters. The highest BCUT2D eigenvalue weighted by Crippen LogP contribution is 2.58. The van der Waals surface area contributed by atoms with Crippen LogP contribution in [0.2, 0.25) is 0 Å². The Hall–Kier alpha value is -4.85. The Labute approximate surface area is 340 Å². The molecule has 2 amide bonds. The fourth-order valence-corrected chi connectivity index (χ4v) is 9.46. The van der Waals surface area contributed by atoms with Gasteiger partial charge in [-0.25, -0.2) is 4.79 Å². The predicted octanol–water partition coefficient (Wildman–Crippen LogP) is 7.69. The normalized spacial score (nSPS) is 20.0. The van der Waals surface area contributed by atoms with Crippen molar-refractivity contribution in [2.75, 3.05) is 39.8 Å². The first kappa shape index (κ1) is 43.3. The molecule has 13 heteroatoms. The lowest BCUT2D eigenvalue weighted by Crippen LogP contribution is -2.71. The van der Waals surface area contributed by atoms with E-state index in [0.717, 1.165) is 36.1 Å². The quantitative estimate of drug-likeness (QED) is 0.0810. The molecular formula is C44H56N2O10S. The van der Waals surface area contributed by atoms with Crippen molar-refractivity contribution in [2.24, 2.45) is 0 Å². The second-order valence-corrected chi connectivity index (χ2v) is 15.5. The number of phenolic OH excluding ortho intramolecular Hbond substituents is 2. The van der Waals surface area contributed by atoms with Gasteiger partial charge in [-0.05, 0) is 48.8 Å². The van der Waals surface area contributed by atoms with E-state index in [1.165, 1.54) is 38.1 Å². The van der Waals surface area contributed by atoms with Crippen molar-refractivity contribution in [1.82, 2.24) is 9.80 Å². The van der Waals surface area contributed by atoms with Gasteiger partial charge in [-0.1, -0.05) is 87.9 Å². The monoisotopic (exact) mass is 804 g/mol. The number of aliphatic hydroxyl groups is 1. The molecule has 0 spiro atoms.